The van der Waals surface area contributed by atoms with Crippen molar-refractivity contribution in [1.82, 2.24) is 0 Å². The van der Waals surface area contributed by atoms with Crippen molar-refractivity contribution in [2.45, 2.75) is 59.3 Å². The molecule has 84 valence electrons. The molecule has 0 nitrogen and oxygen atoms in total. The Balaban J connectivity index is 2.77. The Morgan fingerprint density at radius 1 is 1.36 bits per heavy atom. The molecule has 0 radical (unpaired) electrons. The summed E-state index contributed by atoms with van der Waals surface area (Å²) in [4.78, 5) is 0. The van der Waals surface area contributed by atoms with E-state index in [9.17, 15) is 0 Å². The van der Waals surface area contributed by atoms with Crippen LogP contribution in [0.25, 0.3) is 0 Å². The van der Waals surface area contributed by atoms with Crippen LogP contribution in [0.4, 0.5) is 0 Å². The summed E-state index contributed by atoms with van der Waals surface area (Å²) in [5.41, 5.74) is 0.451. The van der Waals surface area contributed by atoms with Gasteiger partial charge in [0.15, 0.2) is 0 Å². The third-order valence-electron chi connectivity index (χ3n) is 4.22. The predicted molar refractivity (Wildman–Crippen MR) is 64.8 cm³/mol. The number of hydrogen-bond donors (Lipinski definition) is 0. The lowest BCUT2D eigenvalue weighted by atomic mass is 9.62. The standard InChI is InChI=1S/C13H25Cl/c1-6-11-12(14)10(9(2)3)7-8-13(11,4)5/h9-12H,6-8H2,1-5H3. The molecular formula is C13H25Cl. The fraction of sp³-hybridized carbons (Fsp3) is 1.00. The van der Waals surface area contributed by atoms with E-state index in [0.29, 0.717) is 16.7 Å². The summed E-state index contributed by atoms with van der Waals surface area (Å²) < 4.78 is 0. The summed E-state index contributed by atoms with van der Waals surface area (Å²) in [6.07, 6.45) is 3.89. The van der Waals surface area contributed by atoms with Crippen LogP contribution in [0.15, 0.2) is 0 Å². The number of halogens is 1. The minimum absolute atomic E-state index is 0.392. The highest BCUT2D eigenvalue weighted by molar-refractivity contribution is 6.21. The first kappa shape index (κ1) is 12.4. The van der Waals surface area contributed by atoms with Crippen molar-refractivity contribution >= 4 is 11.6 Å². The van der Waals surface area contributed by atoms with Gasteiger partial charge in [0.1, 0.15) is 0 Å². The molecule has 14 heavy (non-hydrogen) atoms. The first-order valence-electron chi connectivity index (χ1n) is 6.04. The Kier molecular flexibility index (Phi) is 3.91. The Hall–Kier alpha value is 0.290. The van der Waals surface area contributed by atoms with Crippen LogP contribution in [-0.2, 0) is 0 Å². The van der Waals surface area contributed by atoms with Crippen molar-refractivity contribution in [3.05, 3.63) is 0 Å². The number of rotatable bonds is 2. The van der Waals surface area contributed by atoms with Crippen molar-refractivity contribution < 1.29 is 0 Å². The normalized spacial score (nSPS) is 37.5. The monoisotopic (exact) mass is 216 g/mol. The van der Waals surface area contributed by atoms with Crippen LogP contribution in [0, 0.1) is 23.2 Å². The first-order valence-corrected chi connectivity index (χ1v) is 6.48. The molecule has 0 aromatic rings. The lowest BCUT2D eigenvalue weighted by Crippen LogP contribution is -2.42. The zero-order valence-corrected chi connectivity index (χ0v) is 11.1. The van der Waals surface area contributed by atoms with E-state index in [1.807, 2.05) is 0 Å². The minimum atomic E-state index is 0.392. The minimum Gasteiger partial charge on any atom is -0.122 e. The lowest BCUT2D eigenvalue weighted by Gasteiger charge is -2.46. The predicted octanol–water partition coefficient (Wildman–Crippen LogP) is 4.71. The highest BCUT2D eigenvalue weighted by Crippen LogP contribution is 2.48. The molecule has 3 atom stereocenters. The van der Waals surface area contributed by atoms with Crippen molar-refractivity contribution in [2.75, 3.05) is 0 Å². The third-order valence-corrected chi connectivity index (χ3v) is 4.84. The molecule has 1 heteroatoms. The Morgan fingerprint density at radius 2 is 1.93 bits per heavy atom. The Bertz CT molecular complexity index is 184. The highest BCUT2D eigenvalue weighted by atomic mass is 35.5. The molecular weight excluding hydrogens is 192 g/mol. The van der Waals surface area contributed by atoms with Crippen LogP contribution in [0.5, 0.6) is 0 Å². The smallest absolute Gasteiger partial charge is 0.0399 e. The second-order valence-corrected chi connectivity index (χ2v) is 6.40. The average Bonchev–Trinajstić information content (AvgIpc) is 2.02. The van der Waals surface area contributed by atoms with Gasteiger partial charge >= 0.3 is 0 Å². The second-order valence-electron chi connectivity index (χ2n) is 5.89. The summed E-state index contributed by atoms with van der Waals surface area (Å²) in [5, 5.41) is 0.392. The molecule has 1 aliphatic carbocycles. The summed E-state index contributed by atoms with van der Waals surface area (Å²) in [7, 11) is 0. The van der Waals surface area contributed by atoms with Gasteiger partial charge in [-0.05, 0) is 36.0 Å². The number of hydrogen-bond acceptors (Lipinski definition) is 0. The van der Waals surface area contributed by atoms with Crippen LogP contribution in [0.2, 0.25) is 0 Å². The molecule has 0 amide bonds. The molecule has 1 fully saturated rings. The molecule has 0 N–H and O–H groups in total. The maximum absolute atomic E-state index is 6.63. The van der Waals surface area contributed by atoms with Gasteiger partial charge < -0.3 is 0 Å². The maximum Gasteiger partial charge on any atom is 0.0399 e. The molecule has 1 rings (SSSR count). The zero-order valence-electron chi connectivity index (χ0n) is 10.3. The van der Waals surface area contributed by atoms with Gasteiger partial charge in [0.25, 0.3) is 0 Å². The topological polar surface area (TPSA) is 0 Å². The maximum atomic E-state index is 6.63. The molecule has 3 unspecified atom stereocenters. The van der Waals surface area contributed by atoms with E-state index in [0.717, 1.165) is 11.8 Å². The van der Waals surface area contributed by atoms with Crippen molar-refractivity contribution in [1.29, 1.82) is 0 Å². The average molecular weight is 217 g/mol. The van der Waals surface area contributed by atoms with Gasteiger partial charge in [0.2, 0.25) is 0 Å². The fourth-order valence-electron chi connectivity index (χ4n) is 3.09. The van der Waals surface area contributed by atoms with Gasteiger partial charge in [-0.2, -0.15) is 0 Å². The SMILES string of the molecule is CCC1C(Cl)C(C(C)C)CCC1(C)C. The van der Waals surface area contributed by atoms with Gasteiger partial charge in [-0.25, -0.2) is 0 Å². The van der Waals surface area contributed by atoms with Gasteiger partial charge in [-0.3, -0.25) is 0 Å². The Labute approximate surface area is 94.4 Å². The van der Waals surface area contributed by atoms with Crippen LogP contribution in [-0.4, -0.2) is 5.38 Å². The molecule has 0 aliphatic heterocycles. The number of alkyl halides is 1. The third kappa shape index (κ3) is 2.27. The molecule has 0 saturated heterocycles. The van der Waals surface area contributed by atoms with Crippen LogP contribution in [0.3, 0.4) is 0 Å². The van der Waals surface area contributed by atoms with Gasteiger partial charge in [-0.1, -0.05) is 41.0 Å². The fourth-order valence-corrected chi connectivity index (χ4v) is 4.03. The summed E-state index contributed by atoms with van der Waals surface area (Å²) in [5.74, 6) is 2.17. The van der Waals surface area contributed by atoms with E-state index < -0.39 is 0 Å². The van der Waals surface area contributed by atoms with Crippen molar-refractivity contribution in [3.8, 4) is 0 Å². The van der Waals surface area contributed by atoms with Gasteiger partial charge in [0.05, 0.1) is 0 Å². The van der Waals surface area contributed by atoms with Crippen LogP contribution in [0.1, 0.15) is 53.9 Å². The summed E-state index contributed by atoms with van der Waals surface area (Å²) in [6, 6.07) is 0. The molecule has 0 heterocycles. The van der Waals surface area contributed by atoms with Crippen molar-refractivity contribution in [2.24, 2.45) is 23.2 Å². The van der Waals surface area contributed by atoms with E-state index in [4.69, 9.17) is 11.6 Å². The Morgan fingerprint density at radius 3 is 2.36 bits per heavy atom. The second kappa shape index (κ2) is 4.43. The van der Waals surface area contributed by atoms with E-state index in [2.05, 4.69) is 34.6 Å². The van der Waals surface area contributed by atoms with E-state index in [-0.39, 0.29) is 0 Å². The van der Waals surface area contributed by atoms with E-state index >= 15 is 0 Å². The highest BCUT2D eigenvalue weighted by Gasteiger charge is 2.42. The largest absolute Gasteiger partial charge is 0.122 e. The van der Waals surface area contributed by atoms with Crippen LogP contribution < -0.4 is 0 Å². The molecule has 0 aromatic carbocycles. The molecule has 1 saturated carbocycles. The quantitative estimate of drug-likeness (QED) is 0.587. The molecule has 1 aliphatic rings. The summed E-state index contributed by atoms with van der Waals surface area (Å²) >= 11 is 6.63. The van der Waals surface area contributed by atoms with Crippen LogP contribution >= 0.6 is 11.6 Å². The summed E-state index contributed by atoms with van der Waals surface area (Å²) in [6.45, 7) is 11.7. The zero-order chi connectivity index (χ0) is 10.9. The first-order chi connectivity index (χ1) is 6.40. The molecule has 0 bridgehead atoms. The van der Waals surface area contributed by atoms with Gasteiger partial charge in [-0.15, -0.1) is 11.6 Å². The van der Waals surface area contributed by atoms with E-state index in [1.54, 1.807) is 0 Å². The molecule has 0 aromatic heterocycles. The van der Waals surface area contributed by atoms with Gasteiger partial charge in [0, 0.05) is 5.38 Å². The van der Waals surface area contributed by atoms with E-state index in [1.165, 1.54) is 19.3 Å². The lowest BCUT2D eigenvalue weighted by molar-refractivity contribution is 0.0816. The molecule has 0 spiro atoms. The van der Waals surface area contributed by atoms with Crippen molar-refractivity contribution in [3.63, 3.8) is 0 Å².